The monoisotopic (exact) mass is 406 g/mol. The maximum absolute atomic E-state index is 12.5. The molecule has 0 bridgehead atoms. The van der Waals surface area contributed by atoms with Gasteiger partial charge < -0.3 is 15.0 Å². The fraction of sp³-hybridized carbons (Fsp3) is 0.368. The molecule has 0 saturated carbocycles. The minimum Gasteiger partial charge on any atom is -0.496 e. The van der Waals surface area contributed by atoms with Crippen LogP contribution >= 0.6 is 15.9 Å². The lowest BCUT2D eigenvalue weighted by atomic mass is 10.0. The van der Waals surface area contributed by atoms with Crippen molar-refractivity contribution in [3.63, 3.8) is 0 Å². The van der Waals surface area contributed by atoms with E-state index in [9.17, 15) is 9.59 Å². The zero-order chi connectivity index (χ0) is 18.7. The van der Waals surface area contributed by atoms with Crippen molar-refractivity contribution in [2.45, 2.75) is 33.7 Å². The molecule has 1 aromatic heterocycles. The molecular formula is C19H23BrN2O3. The number of rotatable bonds is 7. The quantitative estimate of drug-likeness (QED) is 0.677. The molecule has 6 heteroatoms. The van der Waals surface area contributed by atoms with Crippen LogP contribution < -0.4 is 10.1 Å². The number of Topliss-reactive ketones (excluding diaryl/α,β-unsaturated/α-hetero) is 2. The minimum atomic E-state index is -0.0625. The van der Waals surface area contributed by atoms with E-state index in [1.165, 1.54) is 6.92 Å². The molecule has 0 aliphatic heterocycles. The first-order valence-electron chi connectivity index (χ1n) is 8.06. The summed E-state index contributed by atoms with van der Waals surface area (Å²) in [5, 5.41) is 3.23. The zero-order valence-corrected chi connectivity index (χ0v) is 16.7. The molecule has 25 heavy (non-hydrogen) atoms. The molecule has 2 N–H and O–H groups in total. The van der Waals surface area contributed by atoms with Crippen LogP contribution in [0.25, 0.3) is 0 Å². The second kappa shape index (κ2) is 7.97. The molecular weight excluding hydrogens is 384 g/mol. The summed E-state index contributed by atoms with van der Waals surface area (Å²) in [6.45, 7) is 7.31. The fourth-order valence-corrected chi connectivity index (χ4v) is 3.52. The van der Waals surface area contributed by atoms with Gasteiger partial charge in [-0.1, -0.05) is 6.07 Å². The number of hydrogen-bond donors (Lipinski definition) is 2. The highest BCUT2D eigenvalue weighted by atomic mass is 79.9. The number of aromatic nitrogens is 1. The number of ether oxygens (including phenoxy) is 1. The van der Waals surface area contributed by atoms with Crippen molar-refractivity contribution in [3.05, 3.63) is 50.8 Å². The standard InChI is InChI=1S/C19H23BrN2O3/c1-10-18(13(4)23)12(3)22-19(10)16(24)9-21-11(2)14-6-7-17(25-5)15(20)8-14/h6-8,11,21-22H,9H2,1-5H3/t11-/m1/s1. The van der Waals surface area contributed by atoms with Gasteiger partial charge in [-0.3, -0.25) is 9.59 Å². The van der Waals surface area contributed by atoms with Crippen LogP contribution in [0.15, 0.2) is 22.7 Å². The van der Waals surface area contributed by atoms with Gasteiger partial charge in [-0.15, -0.1) is 0 Å². The van der Waals surface area contributed by atoms with Crippen molar-refractivity contribution in [1.82, 2.24) is 10.3 Å². The number of benzene rings is 1. The minimum absolute atomic E-state index is 0.00482. The van der Waals surface area contributed by atoms with Crippen molar-refractivity contribution in [2.24, 2.45) is 0 Å². The Bertz CT molecular complexity index is 811. The summed E-state index contributed by atoms with van der Waals surface area (Å²) < 4.78 is 6.10. The van der Waals surface area contributed by atoms with Crippen molar-refractivity contribution in [1.29, 1.82) is 0 Å². The van der Waals surface area contributed by atoms with Gasteiger partial charge in [0.15, 0.2) is 11.6 Å². The van der Waals surface area contributed by atoms with E-state index in [2.05, 4.69) is 26.2 Å². The Kier molecular flexibility index (Phi) is 6.19. The first-order chi connectivity index (χ1) is 11.8. The van der Waals surface area contributed by atoms with Crippen LogP contribution in [0.1, 0.15) is 57.6 Å². The third kappa shape index (κ3) is 4.19. The summed E-state index contributed by atoms with van der Waals surface area (Å²) in [6, 6.07) is 5.81. The second-order valence-electron chi connectivity index (χ2n) is 6.10. The first kappa shape index (κ1) is 19.4. The van der Waals surface area contributed by atoms with Crippen LogP contribution in [0.5, 0.6) is 5.75 Å². The number of aromatic amines is 1. The second-order valence-corrected chi connectivity index (χ2v) is 6.96. The summed E-state index contributed by atoms with van der Waals surface area (Å²) >= 11 is 3.47. The van der Waals surface area contributed by atoms with Gasteiger partial charge in [0.1, 0.15) is 5.75 Å². The Hall–Kier alpha value is -1.92. The van der Waals surface area contributed by atoms with Gasteiger partial charge in [0, 0.05) is 17.3 Å². The van der Waals surface area contributed by atoms with Gasteiger partial charge in [0.05, 0.1) is 23.8 Å². The molecule has 2 rings (SSSR count). The number of ketones is 2. The van der Waals surface area contributed by atoms with Crippen molar-refractivity contribution >= 4 is 27.5 Å². The normalized spacial score (nSPS) is 12.1. The molecule has 0 spiro atoms. The molecule has 2 aromatic rings. The number of methoxy groups -OCH3 is 1. The molecule has 134 valence electrons. The Morgan fingerprint density at radius 2 is 2.00 bits per heavy atom. The van der Waals surface area contributed by atoms with Gasteiger partial charge in [-0.05, 0) is 66.9 Å². The highest BCUT2D eigenvalue weighted by molar-refractivity contribution is 9.10. The number of nitrogens with one attached hydrogen (secondary N) is 2. The van der Waals surface area contributed by atoms with E-state index >= 15 is 0 Å². The van der Waals surface area contributed by atoms with Crippen molar-refractivity contribution in [3.8, 4) is 5.75 Å². The summed E-state index contributed by atoms with van der Waals surface area (Å²) in [6.07, 6.45) is 0. The van der Waals surface area contributed by atoms with Crippen LogP contribution in [0.2, 0.25) is 0 Å². The van der Waals surface area contributed by atoms with Crippen LogP contribution in [0.3, 0.4) is 0 Å². The number of H-pyrrole nitrogens is 1. The van der Waals surface area contributed by atoms with E-state index in [0.717, 1.165) is 27.0 Å². The number of hydrogen-bond acceptors (Lipinski definition) is 4. The summed E-state index contributed by atoms with van der Waals surface area (Å²) in [5.41, 5.74) is 3.61. The topological polar surface area (TPSA) is 71.2 Å². The summed E-state index contributed by atoms with van der Waals surface area (Å²) in [5.74, 6) is 0.670. The van der Waals surface area contributed by atoms with E-state index in [1.807, 2.05) is 32.0 Å². The number of halogens is 1. The lowest BCUT2D eigenvalue weighted by molar-refractivity contribution is 0.0982. The smallest absolute Gasteiger partial charge is 0.193 e. The lowest BCUT2D eigenvalue weighted by Crippen LogP contribution is -2.26. The third-order valence-electron chi connectivity index (χ3n) is 4.31. The van der Waals surface area contributed by atoms with Gasteiger partial charge in [0.25, 0.3) is 0 Å². The SMILES string of the molecule is COc1ccc([C@@H](C)NCC(=O)c2[nH]c(C)c(C(C)=O)c2C)cc1Br. The van der Waals surface area contributed by atoms with Gasteiger partial charge >= 0.3 is 0 Å². The van der Waals surface area contributed by atoms with Crippen LogP contribution in [-0.2, 0) is 0 Å². The molecule has 1 atom stereocenters. The molecule has 0 radical (unpaired) electrons. The Labute approximate surface area is 156 Å². The van der Waals surface area contributed by atoms with E-state index in [0.29, 0.717) is 11.3 Å². The highest BCUT2D eigenvalue weighted by Gasteiger charge is 2.20. The van der Waals surface area contributed by atoms with Crippen LogP contribution in [0.4, 0.5) is 0 Å². The zero-order valence-electron chi connectivity index (χ0n) is 15.1. The van der Waals surface area contributed by atoms with Gasteiger partial charge in [-0.2, -0.15) is 0 Å². The molecule has 0 fully saturated rings. The average molecular weight is 407 g/mol. The average Bonchev–Trinajstić information content (AvgIpc) is 2.86. The molecule has 1 heterocycles. The molecule has 0 aliphatic rings. The maximum atomic E-state index is 12.5. The molecule has 5 nitrogen and oxygen atoms in total. The fourth-order valence-electron chi connectivity index (χ4n) is 2.96. The highest BCUT2D eigenvalue weighted by Crippen LogP contribution is 2.28. The predicted molar refractivity (Wildman–Crippen MR) is 102 cm³/mol. The van der Waals surface area contributed by atoms with Crippen LogP contribution in [-0.4, -0.2) is 30.2 Å². The van der Waals surface area contributed by atoms with Crippen molar-refractivity contribution < 1.29 is 14.3 Å². The lowest BCUT2D eigenvalue weighted by Gasteiger charge is -2.15. The Morgan fingerprint density at radius 3 is 2.52 bits per heavy atom. The first-order valence-corrected chi connectivity index (χ1v) is 8.85. The Morgan fingerprint density at radius 1 is 1.32 bits per heavy atom. The number of aryl methyl sites for hydroxylation is 1. The molecule has 0 unspecified atom stereocenters. The van der Waals surface area contributed by atoms with E-state index in [-0.39, 0.29) is 24.2 Å². The van der Waals surface area contributed by atoms with Crippen molar-refractivity contribution in [2.75, 3.05) is 13.7 Å². The molecule has 0 saturated heterocycles. The molecule has 0 amide bonds. The third-order valence-corrected chi connectivity index (χ3v) is 4.93. The van der Waals surface area contributed by atoms with Gasteiger partial charge in [0.2, 0.25) is 0 Å². The van der Waals surface area contributed by atoms with Crippen LogP contribution in [0, 0.1) is 13.8 Å². The number of carbonyl (C=O) groups is 2. The van der Waals surface area contributed by atoms with E-state index in [1.54, 1.807) is 14.0 Å². The maximum Gasteiger partial charge on any atom is 0.193 e. The predicted octanol–water partition coefficient (Wildman–Crippen LogP) is 4.14. The summed E-state index contributed by atoms with van der Waals surface area (Å²) in [4.78, 5) is 27.3. The summed E-state index contributed by atoms with van der Waals surface area (Å²) in [7, 11) is 1.62. The molecule has 1 aromatic carbocycles. The molecule has 0 aliphatic carbocycles. The van der Waals surface area contributed by atoms with E-state index in [4.69, 9.17) is 4.74 Å². The van der Waals surface area contributed by atoms with Gasteiger partial charge in [-0.25, -0.2) is 0 Å². The van der Waals surface area contributed by atoms with E-state index < -0.39 is 0 Å². The number of carbonyl (C=O) groups excluding carboxylic acids is 2. The largest absolute Gasteiger partial charge is 0.496 e. The Balaban J connectivity index is 2.08.